The maximum Gasteiger partial charge on any atom is 0.265 e. The van der Waals surface area contributed by atoms with Crippen molar-refractivity contribution >= 4 is 5.91 Å². The second-order valence-corrected chi connectivity index (χ2v) is 5.46. The van der Waals surface area contributed by atoms with Crippen molar-refractivity contribution in [2.24, 2.45) is 11.8 Å². The van der Waals surface area contributed by atoms with Crippen LogP contribution in [0, 0.1) is 11.7 Å². The van der Waals surface area contributed by atoms with Crippen LogP contribution in [-0.2, 0) is 6.54 Å². The fraction of sp³-hybridized carbons (Fsp3) is 0.533. The molecule has 1 amide bonds. The largest absolute Gasteiger partial charge is 0.299 e. The molecular weight excluding hydrogens is 257 g/mol. The molecule has 0 aromatic heterocycles. The topological polar surface area (TPSA) is 58.4 Å². The zero-order valence-electron chi connectivity index (χ0n) is 11.9. The molecule has 0 bridgehead atoms. The Morgan fingerprint density at radius 1 is 1.55 bits per heavy atom. The summed E-state index contributed by atoms with van der Waals surface area (Å²) in [7, 11) is 0. The van der Waals surface area contributed by atoms with E-state index in [1.54, 1.807) is 6.07 Å². The molecule has 5 heteroatoms. The number of amides is 1. The molecular formula is C15H22FN3O. The summed E-state index contributed by atoms with van der Waals surface area (Å²) in [6.45, 7) is 4.76. The van der Waals surface area contributed by atoms with Gasteiger partial charge in [-0.05, 0) is 43.5 Å². The maximum atomic E-state index is 13.8. The monoisotopic (exact) mass is 279 g/mol. The molecule has 110 valence electrons. The maximum absolute atomic E-state index is 13.8. The molecule has 3 N–H and O–H groups in total. The third-order valence-corrected chi connectivity index (χ3v) is 3.90. The Hall–Kier alpha value is -1.46. The van der Waals surface area contributed by atoms with E-state index in [1.807, 2.05) is 0 Å². The van der Waals surface area contributed by atoms with Gasteiger partial charge < -0.3 is 0 Å². The van der Waals surface area contributed by atoms with Crippen LogP contribution in [0.1, 0.15) is 42.1 Å². The smallest absolute Gasteiger partial charge is 0.265 e. The van der Waals surface area contributed by atoms with E-state index >= 15 is 0 Å². The first kappa shape index (κ1) is 14.9. The molecule has 1 aliphatic heterocycles. The molecule has 1 unspecified atom stereocenters. The van der Waals surface area contributed by atoms with Gasteiger partial charge in [-0.15, -0.1) is 0 Å². The number of halogens is 1. The molecule has 1 saturated heterocycles. The van der Waals surface area contributed by atoms with Crippen molar-refractivity contribution in [1.29, 1.82) is 0 Å². The molecule has 1 aromatic rings. The first-order chi connectivity index (χ1) is 9.63. The number of hydrazine groups is 1. The van der Waals surface area contributed by atoms with Crippen LogP contribution in [0.2, 0.25) is 0 Å². The molecule has 1 fully saturated rings. The minimum atomic E-state index is -0.392. The van der Waals surface area contributed by atoms with Crippen LogP contribution in [0.25, 0.3) is 0 Å². The number of carbonyl (C=O) groups is 1. The lowest BCUT2D eigenvalue weighted by Gasteiger charge is -2.17. The van der Waals surface area contributed by atoms with Crippen LogP contribution >= 0.6 is 0 Å². The van der Waals surface area contributed by atoms with E-state index in [0.29, 0.717) is 17.7 Å². The summed E-state index contributed by atoms with van der Waals surface area (Å²) in [5.41, 5.74) is 3.03. The van der Waals surface area contributed by atoms with E-state index < -0.39 is 5.91 Å². The summed E-state index contributed by atoms with van der Waals surface area (Å²) >= 11 is 0. The van der Waals surface area contributed by atoms with E-state index in [9.17, 15) is 9.18 Å². The molecule has 0 radical (unpaired) electrons. The zero-order valence-corrected chi connectivity index (χ0v) is 11.9. The van der Waals surface area contributed by atoms with Crippen molar-refractivity contribution in [3.63, 3.8) is 0 Å². The minimum Gasteiger partial charge on any atom is -0.299 e. The van der Waals surface area contributed by atoms with Crippen LogP contribution in [-0.4, -0.2) is 23.9 Å². The number of nitrogens with one attached hydrogen (secondary N) is 1. The summed E-state index contributed by atoms with van der Waals surface area (Å²) in [6.07, 6.45) is 3.60. The standard InChI is InChI=1S/C15H22FN3O/c1-2-3-11-6-7-19(9-11)10-13-8-12(15(20)18-17)4-5-14(13)16/h4-5,8,11H,2-3,6-7,9-10,17H2,1H3,(H,18,20). The van der Waals surface area contributed by atoms with Gasteiger partial charge >= 0.3 is 0 Å². The number of rotatable bonds is 5. The van der Waals surface area contributed by atoms with Crippen molar-refractivity contribution in [2.45, 2.75) is 32.7 Å². The minimum absolute atomic E-state index is 0.266. The number of benzene rings is 1. The van der Waals surface area contributed by atoms with Gasteiger partial charge in [0.1, 0.15) is 5.82 Å². The third kappa shape index (κ3) is 3.55. The van der Waals surface area contributed by atoms with Gasteiger partial charge in [0, 0.05) is 24.2 Å². The molecule has 0 saturated carbocycles. The van der Waals surface area contributed by atoms with Crippen LogP contribution in [0.4, 0.5) is 4.39 Å². The number of likely N-dealkylation sites (tertiary alicyclic amines) is 1. The van der Waals surface area contributed by atoms with Crippen LogP contribution < -0.4 is 11.3 Å². The van der Waals surface area contributed by atoms with E-state index in [-0.39, 0.29) is 5.82 Å². The van der Waals surface area contributed by atoms with Gasteiger partial charge in [-0.2, -0.15) is 0 Å². The van der Waals surface area contributed by atoms with Gasteiger partial charge in [0.25, 0.3) is 5.91 Å². The highest BCUT2D eigenvalue weighted by atomic mass is 19.1. The van der Waals surface area contributed by atoms with Gasteiger partial charge in [-0.1, -0.05) is 13.3 Å². The Bertz CT molecular complexity index is 478. The average Bonchev–Trinajstić information content (AvgIpc) is 2.88. The van der Waals surface area contributed by atoms with E-state index in [0.717, 1.165) is 19.0 Å². The lowest BCUT2D eigenvalue weighted by Crippen LogP contribution is -2.30. The molecule has 1 aromatic carbocycles. The van der Waals surface area contributed by atoms with Crippen LogP contribution in [0.15, 0.2) is 18.2 Å². The summed E-state index contributed by atoms with van der Waals surface area (Å²) in [5, 5.41) is 0. The Kier molecular flexibility index (Phi) is 5.09. The molecule has 20 heavy (non-hydrogen) atoms. The predicted molar refractivity (Wildman–Crippen MR) is 76.3 cm³/mol. The highest BCUT2D eigenvalue weighted by Gasteiger charge is 2.22. The number of carbonyl (C=O) groups excluding carboxylic acids is 1. The number of hydrogen-bond donors (Lipinski definition) is 2. The Labute approximate surface area is 119 Å². The molecule has 1 atom stereocenters. The third-order valence-electron chi connectivity index (χ3n) is 3.90. The quantitative estimate of drug-likeness (QED) is 0.493. The number of nitrogen functional groups attached to an aromatic ring is 1. The second-order valence-electron chi connectivity index (χ2n) is 5.46. The van der Waals surface area contributed by atoms with Gasteiger partial charge in [-0.3, -0.25) is 15.1 Å². The second kappa shape index (κ2) is 6.81. The highest BCUT2D eigenvalue weighted by molar-refractivity contribution is 5.93. The molecule has 2 rings (SSSR count). The van der Waals surface area contributed by atoms with Crippen LogP contribution in [0.3, 0.4) is 0 Å². The Morgan fingerprint density at radius 3 is 3.05 bits per heavy atom. The predicted octanol–water partition coefficient (Wildman–Crippen LogP) is 2.05. The van der Waals surface area contributed by atoms with E-state index in [2.05, 4.69) is 17.2 Å². The average molecular weight is 279 g/mol. The lowest BCUT2D eigenvalue weighted by molar-refractivity contribution is 0.0953. The van der Waals surface area contributed by atoms with Crippen molar-refractivity contribution in [3.8, 4) is 0 Å². The first-order valence-corrected chi connectivity index (χ1v) is 7.15. The zero-order chi connectivity index (χ0) is 14.5. The summed E-state index contributed by atoms with van der Waals surface area (Å²) < 4.78 is 13.8. The highest BCUT2D eigenvalue weighted by Crippen LogP contribution is 2.23. The summed E-state index contributed by atoms with van der Waals surface area (Å²) in [6, 6.07) is 4.37. The lowest BCUT2D eigenvalue weighted by atomic mass is 10.0. The van der Waals surface area contributed by atoms with Crippen molar-refractivity contribution in [3.05, 3.63) is 35.1 Å². The molecule has 1 aliphatic rings. The number of hydrogen-bond acceptors (Lipinski definition) is 3. The summed E-state index contributed by atoms with van der Waals surface area (Å²) in [4.78, 5) is 13.7. The van der Waals surface area contributed by atoms with Crippen LogP contribution in [0.5, 0.6) is 0 Å². The van der Waals surface area contributed by atoms with Crippen molar-refractivity contribution in [1.82, 2.24) is 10.3 Å². The first-order valence-electron chi connectivity index (χ1n) is 7.15. The number of nitrogens with two attached hydrogens (primary N) is 1. The van der Waals surface area contributed by atoms with E-state index in [1.165, 1.54) is 31.4 Å². The van der Waals surface area contributed by atoms with E-state index in [4.69, 9.17) is 5.84 Å². The van der Waals surface area contributed by atoms with Gasteiger partial charge in [0.2, 0.25) is 0 Å². The van der Waals surface area contributed by atoms with Crippen molar-refractivity contribution < 1.29 is 9.18 Å². The molecule has 4 nitrogen and oxygen atoms in total. The summed E-state index contributed by atoms with van der Waals surface area (Å²) in [5.74, 6) is 5.17. The fourth-order valence-corrected chi connectivity index (χ4v) is 2.86. The normalized spacial score (nSPS) is 19.2. The van der Waals surface area contributed by atoms with Gasteiger partial charge in [-0.25, -0.2) is 10.2 Å². The Morgan fingerprint density at radius 2 is 2.35 bits per heavy atom. The SMILES string of the molecule is CCCC1CCN(Cc2cc(C(=O)NN)ccc2F)C1. The fourth-order valence-electron chi connectivity index (χ4n) is 2.86. The molecule has 1 heterocycles. The molecule has 0 spiro atoms. The Balaban J connectivity index is 2.04. The number of nitrogens with zero attached hydrogens (tertiary/aromatic N) is 1. The van der Waals surface area contributed by atoms with Crippen molar-refractivity contribution in [2.75, 3.05) is 13.1 Å². The molecule has 0 aliphatic carbocycles. The van der Waals surface area contributed by atoms with Gasteiger partial charge in [0.15, 0.2) is 0 Å². The van der Waals surface area contributed by atoms with Gasteiger partial charge in [0.05, 0.1) is 0 Å².